The van der Waals surface area contributed by atoms with Gasteiger partial charge in [-0.3, -0.25) is 4.79 Å². The van der Waals surface area contributed by atoms with E-state index in [1.54, 1.807) is 31.4 Å². The zero-order chi connectivity index (χ0) is 15.6. The monoisotopic (exact) mass is 291 g/mol. The number of methoxy groups -OCH3 is 1. The molecule has 0 radical (unpaired) electrons. The van der Waals surface area contributed by atoms with Crippen molar-refractivity contribution in [3.8, 4) is 11.5 Å². The lowest BCUT2D eigenvalue weighted by molar-refractivity contribution is -0.145. The largest absolute Gasteiger partial charge is 0.493 e. The smallest absolute Gasteiger partial charge is 0.328 e. The Morgan fingerprint density at radius 2 is 2.10 bits per heavy atom. The molecule has 112 valence electrons. The second-order valence-corrected chi connectivity index (χ2v) is 5.22. The zero-order valence-corrected chi connectivity index (χ0v) is 12.1. The van der Waals surface area contributed by atoms with E-state index in [1.165, 1.54) is 13.8 Å². The Balaban J connectivity index is 2.25. The third-order valence-corrected chi connectivity index (χ3v) is 3.18. The van der Waals surface area contributed by atoms with Gasteiger partial charge >= 0.3 is 5.97 Å². The number of hydrogen-bond donors (Lipinski definition) is 2. The molecule has 0 atom stereocenters. The minimum atomic E-state index is -1.34. The molecule has 1 aliphatic heterocycles. The van der Waals surface area contributed by atoms with Gasteiger partial charge in [-0.15, -0.1) is 0 Å². The number of ether oxygens (including phenoxy) is 2. The molecule has 0 spiro atoms. The van der Waals surface area contributed by atoms with Crippen molar-refractivity contribution in [1.29, 1.82) is 0 Å². The van der Waals surface area contributed by atoms with Crippen molar-refractivity contribution in [1.82, 2.24) is 5.32 Å². The molecular formula is C15H17NO5. The Hall–Kier alpha value is -2.50. The van der Waals surface area contributed by atoms with Gasteiger partial charge in [0.2, 0.25) is 0 Å². The van der Waals surface area contributed by atoms with Crippen LogP contribution < -0.4 is 14.8 Å². The number of benzene rings is 1. The first kappa shape index (κ1) is 14.9. The number of carboxylic acids is 1. The number of amides is 1. The SMILES string of the molecule is COc1cccc2c1OCC(C(=O)NC(C)(C)C(=O)O)=C2. The second kappa shape index (κ2) is 5.47. The van der Waals surface area contributed by atoms with Crippen molar-refractivity contribution < 1.29 is 24.2 Å². The highest BCUT2D eigenvalue weighted by Gasteiger charge is 2.31. The number of nitrogens with one attached hydrogen (secondary N) is 1. The number of para-hydroxylation sites is 1. The van der Waals surface area contributed by atoms with Crippen LogP contribution in [0.2, 0.25) is 0 Å². The highest BCUT2D eigenvalue weighted by molar-refractivity contribution is 6.01. The van der Waals surface area contributed by atoms with Crippen LogP contribution in [0.1, 0.15) is 19.4 Å². The van der Waals surface area contributed by atoms with Crippen molar-refractivity contribution in [2.24, 2.45) is 0 Å². The van der Waals surface area contributed by atoms with Crippen molar-refractivity contribution >= 4 is 18.0 Å². The van der Waals surface area contributed by atoms with E-state index in [9.17, 15) is 9.59 Å². The summed E-state index contributed by atoms with van der Waals surface area (Å²) in [5, 5.41) is 11.5. The standard InChI is InChI=1S/C15H17NO5/c1-15(2,14(18)19)16-13(17)10-7-9-5-4-6-11(20-3)12(9)21-8-10/h4-7H,8H2,1-3H3,(H,16,17)(H,18,19). The molecule has 1 heterocycles. The van der Waals surface area contributed by atoms with Crippen molar-refractivity contribution in [2.45, 2.75) is 19.4 Å². The molecule has 6 nitrogen and oxygen atoms in total. The van der Waals surface area contributed by atoms with E-state index in [4.69, 9.17) is 14.6 Å². The van der Waals surface area contributed by atoms with Gasteiger partial charge in [-0.1, -0.05) is 12.1 Å². The van der Waals surface area contributed by atoms with Gasteiger partial charge in [0, 0.05) is 5.56 Å². The average Bonchev–Trinajstić information content (AvgIpc) is 2.45. The molecule has 0 aromatic heterocycles. The summed E-state index contributed by atoms with van der Waals surface area (Å²) in [6.07, 6.45) is 1.68. The van der Waals surface area contributed by atoms with Crippen LogP contribution in [-0.4, -0.2) is 36.2 Å². The Kier molecular flexibility index (Phi) is 3.88. The fraction of sp³-hybridized carbons (Fsp3) is 0.333. The molecule has 1 aromatic carbocycles. The van der Waals surface area contributed by atoms with Gasteiger partial charge in [0.15, 0.2) is 11.5 Å². The highest BCUT2D eigenvalue weighted by atomic mass is 16.5. The number of fused-ring (bicyclic) bond motifs is 1. The molecule has 2 rings (SSSR count). The Morgan fingerprint density at radius 3 is 2.71 bits per heavy atom. The number of aliphatic carboxylic acids is 1. The maximum atomic E-state index is 12.1. The quantitative estimate of drug-likeness (QED) is 0.877. The first-order valence-electron chi connectivity index (χ1n) is 6.41. The lowest BCUT2D eigenvalue weighted by Crippen LogP contribution is -2.50. The van der Waals surface area contributed by atoms with Crippen molar-refractivity contribution in [3.05, 3.63) is 29.3 Å². The van der Waals surface area contributed by atoms with Gasteiger partial charge in [0.1, 0.15) is 12.1 Å². The van der Waals surface area contributed by atoms with Crippen LogP contribution in [0.5, 0.6) is 11.5 Å². The van der Waals surface area contributed by atoms with Gasteiger partial charge in [0.25, 0.3) is 5.91 Å². The van der Waals surface area contributed by atoms with E-state index in [0.717, 1.165) is 5.56 Å². The maximum absolute atomic E-state index is 12.1. The molecule has 0 fully saturated rings. The maximum Gasteiger partial charge on any atom is 0.328 e. The van der Waals surface area contributed by atoms with Gasteiger partial charge in [-0.05, 0) is 26.0 Å². The molecule has 0 bridgehead atoms. The fourth-order valence-corrected chi connectivity index (χ4v) is 1.89. The van der Waals surface area contributed by atoms with Crippen LogP contribution in [0.3, 0.4) is 0 Å². The van der Waals surface area contributed by atoms with Crippen LogP contribution in [-0.2, 0) is 9.59 Å². The topological polar surface area (TPSA) is 84.9 Å². The third kappa shape index (κ3) is 2.99. The highest BCUT2D eigenvalue weighted by Crippen LogP contribution is 2.35. The summed E-state index contributed by atoms with van der Waals surface area (Å²) in [6.45, 7) is 2.91. The lowest BCUT2D eigenvalue weighted by atomic mass is 10.0. The summed E-state index contributed by atoms with van der Waals surface area (Å²) in [5.41, 5.74) is -0.254. The summed E-state index contributed by atoms with van der Waals surface area (Å²) in [4.78, 5) is 23.2. The van der Waals surface area contributed by atoms with E-state index in [2.05, 4.69) is 5.32 Å². The van der Waals surface area contributed by atoms with Crippen LogP contribution in [0.4, 0.5) is 0 Å². The van der Waals surface area contributed by atoms with E-state index >= 15 is 0 Å². The molecule has 1 aromatic rings. The average molecular weight is 291 g/mol. The molecule has 0 saturated heterocycles. The molecule has 1 aliphatic rings. The molecule has 21 heavy (non-hydrogen) atoms. The number of carbonyl (C=O) groups is 2. The van der Waals surface area contributed by atoms with E-state index in [1.807, 2.05) is 0 Å². The van der Waals surface area contributed by atoms with E-state index in [-0.39, 0.29) is 6.61 Å². The predicted molar refractivity (Wildman–Crippen MR) is 76.3 cm³/mol. The van der Waals surface area contributed by atoms with E-state index in [0.29, 0.717) is 17.1 Å². The summed E-state index contributed by atoms with van der Waals surface area (Å²) in [7, 11) is 1.54. The first-order valence-corrected chi connectivity index (χ1v) is 6.41. The van der Waals surface area contributed by atoms with Gasteiger partial charge in [-0.25, -0.2) is 4.79 Å². The summed E-state index contributed by atoms with van der Waals surface area (Å²) >= 11 is 0. The molecular weight excluding hydrogens is 274 g/mol. The first-order chi connectivity index (χ1) is 9.85. The third-order valence-electron chi connectivity index (χ3n) is 3.18. The predicted octanol–water partition coefficient (Wildman–Crippen LogP) is 1.45. The van der Waals surface area contributed by atoms with Gasteiger partial charge in [0.05, 0.1) is 12.7 Å². The lowest BCUT2D eigenvalue weighted by Gasteiger charge is -2.24. The minimum absolute atomic E-state index is 0.0644. The molecule has 0 saturated carbocycles. The van der Waals surface area contributed by atoms with Crippen molar-refractivity contribution in [2.75, 3.05) is 13.7 Å². The number of carboxylic acid groups (broad SMARTS) is 1. The summed E-state index contributed by atoms with van der Waals surface area (Å²) in [5.74, 6) is -0.394. The molecule has 0 aliphatic carbocycles. The molecule has 1 amide bonds. The van der Waals surface area contributed by atoms with Crippen LogP contribution in [0.25, 0.3) is 6.08 Å². The Morgan fingerprint density at radius 1 is 1.38 bits per heavy atom. The fourth-order valence-electron chi connectivity index (χ4n) is 1.89. The van der Waals surface area contributed by atoms with Crippen molar-refractivity contribution in [3.63, 3.8) is 0 Å². The Bertz CT molecular complexity index is 618. The number of carbonyl (C=O) groups excluding carboxylic acids is 1. The van der Waals surface area contributed by atoms with E-state index < -0.39 is 17.4 Å². The number of rotatable bonds is 4. The van der Waals surface area contributed by atoms with Gasteiger partial charge in [-0.2, -0.15) is 0 Å². The van der Waals surface area contributed by atoms with Gasteiger partial charge < -0.3 is 19.9 Å². The molecule has 0 unspecified atom stereocenters. The molecule has 6 heteroatoms. The van der Waals surface area contributed by atoms with Crippen LogP contribution >= 0.6 is 0 Å². The Labute approximate surface area is 122 Å². The minimum Gasteiger partial charge on any atom is -0.493 e. The summed E-state index contributed by atoms with van der Waals surface area (Å²) < 4.78 is 10.7. The number of hydrogen-bond acceptors (Lipinski definition) is 4. The zero-order valence-electron chi connectivity index (χ0n) is 12.1. The normalized spacial score (nSPS) is 13.6. The summed E-state index contributed by atoms with van der Waals surface area (Å²) in [6, 6.07) is 5.36. The molecule has 2 N–H and O–H groups in total. The second-order valence-electron chi connectivity index (χ2n) is 5.22. The van der Waals surface area contributed by atoms with Crippen LogP contribution in [0, 0.1) is 0 Å². The van der Waals surface area contributed by atoms with Crippen LogP contribution in [0.15, 0.2) is 23.8 Å².